The minimum Gasteiger partial charge on any atom is -0.444 e. The third-order valence-electron chi connectivity index (χ3n) is 6.07. The molecule has 1 aliphatic heterocycles. The summed E-state index contributed by atoms with van der Waals surface area (Å²) in [6.45, 7) is 8.64. The Hall–Kier alpha value is -2.84. The normalized spacial score (nSPS) is 14.6. The number of aromatic nitrogens is 2. The average Bonchev–Trinajstić information content (AvgIpc) is 3.26. The van der Waals surface area contributed by atoms with Gasteiger partial charge in [0.25, 0.3) is 5.91 Å². The monoisotopic (exact) mass is 572 g/mol. The molecule has 0 atom stereocenters. The van der Waals surface area contributed by atoms with Gasteiger partial charge in [-0.15, -0.1) is 0 Å². The highest BCUT2D eigenvalue weighted by Gasteiger charge is 2.32. The van der Waals surface area contributed by atoms with Crippen LogP contribution in [-0.4, -0.2) is 45.4 Å². The first-order valence-corrected chi connectivity index (χ1v) is 13.1. The number of carbonyl (C=O) groups excluding carboxylic acids is 2. The van der Waals surface area contributed by atoms with Gasteiger partial charge < -0.3 is 15.0 Å². The number of anilines is 1. The summed E-state index contributed by atoms with van der Waals surface area (Å²) in [6, 6.07) is 13.1. The Bertz CT molecular complexity index is 1260. The highest BCUT2D eigenvalue weighted by atomic mass is 79.9. The van der Waals surface area contributed by atoms with Gasteiger partial charge in [-0.05, 0) is 88.6 Å². The van der Waals surface area contributed by atoms with Crippen molar-refractivity contribution in [1.82, 2.24) is 14.7 Å². The number of amides is 2. The molecule has 3 aromatic rings. The van der Waals surface area contributed by atoms with Gasteiger partial charge in [-0.25, -0.2) is 9.48 Å². The number of ether oxygens (including phenoxy) is 1. The number of likely N-dealkylation sites (tertiary alicyclic amines) is 1. The van der Waals surface area contributed by atoms with Crippen molar-refractivity contribution in [2.24, 2.45) is 0 Å². The number of halogens is 2. The Kier molecular flexibility index (Phi) is 7.76. The molecule has 1 aliphatic rings. The molecule has 36 heavy (non-hydrogen) atoms. The zero-order valence-corrected chi connectivity index (χ0v) is 23.2. The van der Waals surface area contributed by atoms with Crippen molar-refractivity contribution in [2.75, 3.05) is 18.4 Å². The highest BCUT2D eigenvalue weighted by molar-refractivity contribution is 9.10. The molecule has 190 valence electrons. The molecule has 1 N–H and O–H groups in total. The minimum absolute atomic E-state index is 0.0364. The second kappa shape index (κ2) is 10.6. The van der Waals surface area contributed by atoms with Crippen LogP contribution < -0.4 is 5.32 Å². The van der Waals surface area contributed by atoms with E-state index in [9.17, 15) is 9.59 Å². The molecular weight excluding hydrogens is 544 g/mol. The van der Waals surface area contributed by atoms with Crippen LogP contribution in [0.3, 0.4) is 0 Å². The molecule has 0 spiro atoms. The SMILES string of the molecule is Cc1cc(NC(=O)c2cnn(-c3ccc(Cl)cc3)c2C2CCN(C(=O)OC(C)(C)C)CC2)ccc1Br. The molecule has 0 aliphatic carbocycles. The number of benzene rings is 2. The van der Waals surface area contributed by atoms with Gasteiger partial charge in [-0.2, -0.15) is 5.10 Å². The minimum atomic E-state index is -0.544. The molecule has 0 saturated carbocycles. The van der Waals surface area contributed by atoms with Gasteiger partial charge in [-0.1, -0.05) is 27.5 Å². The molecule has 7 nitrogen and oxygen atoms in total. The van der Waals surface area contributed by atoms with Crippen molar-refractivity contribution in [2.45, 2.75) is 52.1 Å². The second-order valence-electron chi connectivity index (χ2n) is 9.99. The van der Waals surface area contributed by atoms with Gasteiger partial charge in [0.05, 0.1) is 23.1 Å². The van der Waals surface area contributed by atoms with Crippen molar-refractivity contribution >= 4 is 45.2 Å². The second-order valence-corrected chi connectivity index (χ2v) is 11.3. The predicted octanol–water partition coefficient (Wildman–Crippen LogP) is 6.96. The van der Waals surface area contributed by atoms with Crippen molar-refractivity contribution < 1.29 is 14.3 Å². The summed E-state index contributed by atoms with van der Waals surface area (Å²) in [5, 5.41) is 8.23. The van der Waals surface area contributed by atoms with E-state index in [0.717, 1.165) is 21.4 Å². The lowest BCUT2D eigenvalue weighted by Gasteiger charge is -2.34. The van der Waals surface area contributed by atoms with E-state index in [1.54, 1.807) is 23.2 Å². The van der Waals surface area contributed by atoms with Gasteiger partial charge in [0.2, 0.25) is 0 Å². The Morgan fingerprint density at radius 1 is 1.11 bits per heavy atom. The van der Waals surface area contributed by atoms with Gasteiger partial charge >= 0.3 is 6.09 Å². The zero-order valence-electron chi connectivity index (χ0n) is 20.8. The Labute approximate surface area is 224 Å². The Balaban J connectivity index is 1.61. The van der Waals surface area contributed by atoms with Crippen LogP contribution in [-0.2, 0) is 4.74 Å². The molecule has 0 unspecified atom stereocenters. The molecule has 2 heterocycles. The van der Waals surface area contributed by atoms with Crippen LogP contribution in [0, 0.1) is 6.92 Å². The summed E-state index contributed by atoms with van der Waals surface area (Å²) in [5.41, 5.74) is 3.36. The average molecular weight is 574 g/mol. The van der Waals surface area contributed by atoms with Crippen LogP contribution in [0.1, 0.15) is 61.1 Å². The van der Waals surface area contributed by atoms with Gasteiger partial charge in [0.1, 0.15) is 5.60 Å². The van der Waals surface area contributed by atoms with E-state index in [2.05, 4.69) is 26.3 Å². The van der Waals surface area contributed by atoms with Crippen molar-refractivity contribution in [1.29, 1.82) is 0 Å². The first kappa shape index (κ1) is 26.2. The number of hydrogen-bond acceptors (Lipinski definition) is 4. The number of carbonyl (C=O) groups is 2. The molecule has 1 aromatic heterocycles. The summed E-state index contributed by atoms with van der Waals surface area (Å²) in [4.78, 5) is 27.7. The Morgan fingerprint density at radius 3 is 2.39 bits per heavy atom. The molecule has 9 heteroatoms. The lowest BCUT2D eigenvalue weighted by Crippen LogP contribution is -2.41. The van der Waals surface area contributed by atoms with E-state index < -0.39 is 5.60 Å². The van der Waals surface area contributed by atoms with Crippen molar-refractivity contribution in [3.8, 4) is 5.69 Å². The van der Waals surface area contributed by atoms with Crippen molar-refractivity contribution in [3.05, 3.63) is 75.0 Å². The highest BCUT2D eigenvalue weighted by Crippen LogP contribution is 2.33. The predicted molar refractivity (Wildman–Crippen MR) is 145 cm³/mol. The lowest BCUT2D eigenvalue weighted by molar-refractivity contribution is 0.0203. The first-order valence-electron chi connectivity index (χ1n) is 11.9. The summed E-state index contributed by atoms with van der Waals surface area (Å²) in [7, 11) is 0. The van der Waals surface area contributed by atoms with Crippen LogP contribution in [0.15, 0.2) is 53.1 Å². The quantitative estimate of drug-likeness (QED) is 0.366. The maximum absolute atomic E-state index is 13.4. The van der Waals surface area contributed by atoms with E-state index in [0.29, 0.717) is 42.2 Å². The lowest BCUT2D eigenvalue weighted by atomic mass is 9.90. The summed E-state index contributed by atoms with van der Waals surface area (Å²) >= 11 is 9.60. The zero-order chi connectivity index (χ0) is 26.0. The third-order valence-corrected chi connectivity index (χ3v) is 7.21. The molecule has 0 radical (unpaired) electrons. The van der Waals surface area contributed by atoms with Gasteiger partial charge in [0.15, 0.2) is 0 Å². The molecule has 1 fully saturated rings. The number of nitrogens with one attached hydrogen (secondary N) is 1. The fourth-order valence-corrected chi connectivity index (χ4v) is 4.67. The maximum atomic E-state index is 13.4. The smallest absolute Gasteiger partial charge is 0.410 e. The molecule has 2 amide bonds. The molecule has 2 aromatic carbocycles. The number of aryl methyl sites for hydroxylation is 1. The van der Waals surface area contributed by atoms with Crippen molar-refractivity contribution in [3.63, 3.8) is 0 Å². The standard InChI is InChI=1S/C27H30BrClN4O3/c1-17-15-20(7-10-23(17)28)31-25(34)22-16-30-33(21-8-5-19(29)6-9-21)24(22)18-11-13-32(14-12-18)26(35)36-27(2,3)4/h5-10,15-16,18H,11-14H2,1-4H3,(H,31,34). The van der Waals surface area contributed by atoms with Crippen LogP contribution in [0.4, 0.5) is 10.5 Å². The van der Waals surface area contributed by atoms with Crippen LogP contribution in [0.2, 0.25) is 5.02 Å². The molecule has 4 rings (SSSR count). The maximum Gasteiger partial charge on any atom is 0.410 e. The Morgan fingerprint density at radius 2 is 1.78 bits per heavy atom. The van der Waals surface area contributed by atoms with Crippen LogP contribution in [0.25, 0.3) is 5.69 Å². The van der Waals surface area contributed by atoms with Crippen LogP contribution >= 0.6 is 27.5 Å². The fraction of sp³-hybridized carbons (Fsp3) is 0.370. The largest absolute Gasteiger partial charge is 0.444 e. The molecule has 0 bridgehead atoms. The van der Waals surface area contributed by atoms with Crippen LogP contribution in [0.5, 0.6) is 0 Å². The number of piperidine rings is 1. The van der Waals surface area contributed by atoms with E-state index >= 15 is 0 Å². The van der Waals surface area contributed by atoms with E-state index in [1.807, 2.05) is 62.7 Å². The first-order chi connectivity index (χ1) is 17.0. The number of hydrogen-bond donors (Lipinski definition) is 1. The van der Waals surface area contributed by atoms with E-state index in [4.69, 9.17) is 16.3 Å². The molecular formula is C27H30BrClN4O3. The summed E-state index contributed by atoms with van der Waals surface area (Å²) < 4.78 is 8.33. The fourth-order valence-electron chi connectivity index (χ4n) is 4.30. The topological polar surface area (TPSA) is 76.5 Å². The van der Waals surface area contributed by atoms with Gasteiger partial charge in [0, 0.05) is 34.2 Å². The number of rotatable bonds is 4. The summed E-state index contributed by atoms with van der Waals surface area (Å²) in [5.74, 6) is -0.184. The van der Waals surface area contributed by atoms with Gasteiger partial charge in [-0.3, -0.25) is 4.79 Å². The number of nitrogens with zero attached hydrogens (tertiary/aromatic N) is 3. The van der Waals surface area contributed by atoms with E-state index in [-0.39, 0.29) is 17.9 Å². The third kappa shape index (κ3) is 6.10. The van der Waals surface area contributed by atoms with E-state index in [1.165, 1.54) is 0 Å². The summed E-state index contributed by atoms with van der Waals surface area (Å²) in [6.07, 6.45) is 2.69. The molecule has 1 saturated heterocycles.